The number of ether oxygens (including phenoxy) is 1. The number of hydrogen-bond acceptors (Lipinski definition) is 3. The van der Waals surface area contributed by atoms with Gasteiger partial charge in [0.25, 0.3) is 0 Å². The van der Waals surface area contributed by atoms with Crippen molar-refractivity contribution in [1.82, 2.24) is 5.32 Å². The Labute approximate surface area is 156 Å². The van der Waals surface area contributed by atoms with E-state index in [9.17, 15) is 9.59 Å². The second-order valence-corrected chi connectivity index (χ2v) is 6.13. The lowest BCUT2D eigenvalue weighted by atomic mass is 10.1. The van der Waals surface area contributed by atoms with Crippen LogP contribution in [0.5, 0.6) is 5.75 Å². The topological polar surface area (TPSA) is 55.4 Å². The van der Waals surface area contributed by atoms with E-state index in [0.29, 0.717) is 16.3 Å². The molecular weight excluding hydrogens is 350 g/mol. The maximum Gasteiger partial charge on any atom is 0.360 e. The van der Waals surface area contributed by atoms with Crippen LogP contribution in [0.4, 0.5) is 0 Å². The van der Waals surface area contributed by atoms with Crippen molar-refractivity contribution < 1.29 is 14.3 Å². The summed E-state index contributed by atoms with van der Waals surface area (Å²) in [6.07, 6.45) is 1.54. The van der Waals surface area contributed by atoms with Crippen LogP contribution in [0.3, 0.4) is 0 Å². The Bertz CT molecular complexity index is 994. The van der Waals surface area contributed by atoms with E-state index in [1.165, 1.54) is 6.92 Å². The second-order valence-electron chi connectivity index (χ2n) is 5.69. The molecule has 1 N–H and O–H groups in total. The second kappa shape index (κ2) is 7.85. The first-order chi connectivity index (χ1) is 12.5. The number of nitrogens with one attached hydrogen (secondary N) is 1. The van der Waals surface area contributed by atoms with Crippen LogP contribution in [0, 0.1) is 0 Å². The van der Waals surface area contributed by atoms with Gasteiger partial charge in [-0.05, 0) is 46.7 Å². The summed E-state index contributed by atoms with van der Waals surface area (Å²) < 4.78 is 5.43. The van der Waals surface area contributed by atoms with Crippen LogP contribution in [0.2, 0.25) is 5.02 Å². The van der Waals surface area contributed by atoms with Gasteiger partial charge in [0, 0.05) is 11.9 Å². The SMILES string of the molecule is CC(=O)N/C(=C/c1ccc(Cl)cc1)C(=O)Oc1ccc2ccccc2c1. The van der Waals surface area contributed by atoms with E-state index in [1.54, 1.807) is 42.5 Å². The van der Waals surface area contributed by atoms with Crippen molar-refractivity contribution >= 4 is 40.3 Å². The third-order valence-corrected chi connectivity index (χ3v) is 3.90. The van der Waals surface area contributed by atoms with Gasteiger partial charge in [0.15, 0.2) is 0 Å². The lowest BCUT2D eigenvalue weighted by molar-refractivity contribution is -0.132. The minimum Gasteiger partial charge on any atom is -0.422 e. The molecule has 0 atom stereocenters. The first kappa shape index (κ1) is 17.7. The van der Waals surface area contributed by atoms with E-state index in [2.05, 4.69) is 5.32 Å². The van der Waals surface area contributed by atoms with E-state index in [4.69, 9.17) is 16.3 Å². The number of rotatable bonds is 4. The van der Waals surface area contributed by atoms with Crippen LogP contribution in [-0.2, 0) is 9.59 Å². The van der Waals surface area contributed by atoms with Crippen molar-refractivity contribution in [2.45, 2.75) is 6.92 Å². The van der Waals surface area contributed by atoms with Crippen molar-refractivity contribution in [1.29, 1.82) is 0 Å². The highest BCUT2D eigenvalue weighted by Crippen LogP contribution is 2.21. The molecule has 5 heteroatoms. The molecule has 0 bridgehead atoms. The molecule has 1 amide bonds. The summed E-state index contributed by atoms with van der Waals surface area (Å²) in [5.74, 6) is -0.604. The molecule has 0 radical (unpaired) electrons. The molecule has 130 valence electrons. The standard InChI is InChI=1S/C21H16ClNO3/c1-14(24)23-20(12-15-6-9-18(22)10-7-15)21(25)26-19-11-8-16-4-2-3-5-17(16)13-19/h2-13H,1H3,(H,23,24)/b20-12+. The van der Waals surface area contributed by atoms with Crippen molar-refractivity contribution in [3.8, 4) is 5.75 Å². The minimum absolute atomic E-state index is 0.0491. The monoisotopic (exact) mass is 365 g/mol. The Morgan fingerprint density at radius 1 is 0.962 bits per heavy atom. The molecule has 0 aliphatic carbocycles. The summed E-state index contributed by atoms with van der Waals surface area (Å²) in [5.41, 5.74) is 0.765. The first-order valence-corrected chi connectivity index (χ1v) is 8.35. The molecule has 3 rings (SSSR count). The van der Waals surface area contributed by atoms with Crippen LogP contribution in [-0.4, -0.2) is 11.9 Å². The van der Waals surface area contributed by atoms with Crippen molar-refractivity contribution in [2.24, 2.45) is 0 Å². The lowest BCUT2D eigenvalue weighted by Crippen LogP contribution is -2.27. The fourth-order valence-corrected chi connectivity index (χ4v) is 2.58. The smallest absolute Gasteiger partial charge is 0.360 e. The van der Waals surface area contributed by atoms with E-state index >= 15 is 0 Å². The third-order valence-electron chi connectivity index (χ3n) is 3.64. The average molecular weight is 366 g/mol. The average Bonchev–Trinajstić information content (AvgIpc) is 2.62. The van der Waals surface area contributed by atoms with E-state index in [0.717, 1.165) is 10.8 Å². The van der Waals surface area contributed by atoms with Crippen molar-refractivity contribution in [2.75, 3.05) is 0 Å². The van der Waals surface area contributed by atoms with Gasteiger partial charge in [-0.25, -0.2) is 4.79 Å². The predicted molar refractivity (Wildman–Crippen MR) is 103 cm³/mol. The highest BCUT2D eigenvalue weighted by atomic mass is 35.5. The number of esters is 1. The van der Waals surface area contributed by atoms with Gasteiger partial charge in [-0.3, -0.25) is 4.79 Å². The lowest BCUT2D eigenvalue weighted by Gasteiger charge is -2.09. The zero-order valence-corrected chi connectivity index (χ0v) is 14.8. The Morgan fingerprint density at radius 3 is 2.35 bits per heavy atom. The van der Waals surface area contributed by atoms with Crippen molar-refractivity contribution in [3.63, 3.8) is 0 Å². The Morgan fingerprint density at radius 2 is 1.65 bits per heavy atom. The van der Waals surface area contributed by atoms with Gasteiger partial charge in [0.2, 0.25) is 5.91 Å². The highest BCUT2D eigenvalue weighted by Gasteiger charge is 2.14. The number of benzene rings is 3. The van der Waals surface area contributed by atoms with E-state index < -0.39 is 5.97 Å². The minimum atomic E-state index is -0.648. The van der Waals surface area contributed by atoms with Crippen LogP contribution in [0.1, 0.15) is 12.5 Å². The Kier molecular flexibility index (Phi) is 5.34. The van der Waals surface area contributed by atoms with E-state index in [-0.39, 0.29) is 11.6 Å². The summed E-state index contributed by atoms with van der Waals surface area (Å²) in [5, 5.41) is 5.11. The van der Waals surface area contributed by atoms with Crippen molar-refractivity contribution in [3.05, 3.63) is 83.0 Å². The van der Waals surface area contributed by atoms with Gasteiger partial charge < -0.3 is 10.1 Å². The number of halogens is 1. The van der Waals surface area contributed by atoms with Gasteiger partial charge in [0.1, 0.15) is 11.4 Å². The molecule has 0 aliphatic heterocycles. The molecule has 4 nitrogen and oxygen atoms in total. The summed E-state index contributed by atoms with van der Waals surface area (Å²) in [4.78, 5) is 24.0. The molecule has 0 unspecified atom stereocenters. The fourth-order valence-electron chi connectivity index (χ4n) is 2.45. The van der Waals surface area contributed by atoms with Gasteiger partial charge in [-0.2, -0.15) is 0 Å². The predicted octanol–water partition coefficient (Wildman–Crippen LogP) is 4.58. The van der Waals surface area contributed by atoms with Crippen LogP contribution in [0.15, 0.2) is 72.4 Å². The molecule has 3 aromatic carbocycles. The molecule has 0 saturated heterocycles. The molecule has 0 aromatic heterocycles. The molecule has 3 aromatic rings. The molecule has 0 aliphatic rings. The largest absolute Gasteiger partial charge is 0.422 e. The summed E-state index contributed by atoms with van der Waals surface area (Å²) in [6, 6.07) is 20.0. The summed E-state index contributed by atoms with van der Waals surface area (Å²) in [6.45, 7) is 1.33. The third kappa shape index (κ3) is 4.49. The zero-order chi connectivity index (χ0) is 18.5. The Hall–Kier alpha value is -3.11. The summed E-state index contributed by atoms with van der Waals surface area (Å²) >= 11 is 5.87. The molecule has 26 heavy (non-hydrogen) atoms. The number of amides is 1. The van der Waals surface area contributed by atoms with Crippen LogP contribution in [0.25, 0.3) is 16.8 Å². The Balaban J connectivity index is 1.86. The number of carbonyl (C=O) groups excluding carboxylic acids is 2. The maximum absolute atomic E-state index is 12.5. The number of hydrogen-bond donors (Lipinski definition) is 1. The normalized spacial score (nSPS) is 11.2. The maximum atomic E-state index is 12.5. The molecule has 0 heterocycles. The van der Waals surface area contributed by atoms with Gasteiger partial charge >= 0.3 is 5.97 Å². The molecule has 0 fully saturated rings. The molecule has 0 spiro atoms. The number of carbonyl (C=O) groups is 2. The quantitative estimate of drug-likeness (QED) is 0.418. The highest BCUT2D eigenvalue weighted by molar-refractivity contribution is 6.30. The summed E-state index contributed by atoms with van der Waals surface area (Å²) in [7, 11) is 0. The van der Waals surface area contributed by atoms with Crippen LogP contribution >= 0.6 is 11.6 Å². The van der Waals surface area contributed by atoms with Gasteiger partial charge in [-0.1, -0.05) is 54.1 Å². The number of fused-ring (bicyclic) bond motifs is 1. The van der Waals surface area contributed by atoms with Crippen LogP contribution < -0.4 is 10.1 Å². The van der Waals surface area contributed by atoms with Gasteiger partial charge in [0.05, 0.1) is 0 Å². The molecular formula is C21H16ClNO3. The van der Waals surface area contributed by atoms with E-state index in [1.807, 2.05) is 30.3 Å². The molecule has 0 saturated carbocycles. The van der Waals surface area contributed by atoms with Gasteiger partial charge in [-0.15, -0.1) is 0 Å². The zero-order valence-electron chi connectivity index (χ0n) is 14.0. The fraction of sp³-hybridized carbons (Fsp3) is 0.0476. The first-order valence-electron chi connectivity index (χ1n) is 7.97.